The summed E-state index contributed by atoms with van der Waals surface area (Å²) in [5.74, 6) is -0.113. The van der Waals surface area contributed by atoms with Gasteiger partial charge in [-0.05, 0) is 24.3 Å². The smallest absolute Gasteiger partial charge is 0.265 e. The molecule has 0 saturated carbocycles. The van der Waals surface area contributed by atoms with Gasteiger partial charge in [0.25, 0.3) is 5.91 Å². The summed E-state index contributed by atoms with van der Waals surface area (Å²) in [6.45, 7) is 0. The molecule has 1 N–H and O–H groups in total. The lowest BCUT2D eigenvalue weighted by atomic mass is 10.2. The Bertz CT molecular complexity index is 859. The molecule has 0 saturated heterocycles. The third-order valence-corrected chi connectivity index (χ3v) is 3.35. The molecule has 4 rings (SSSR count). The molecule has 0 aliphatic heterocycles. The highest BCUT2D eigenvalue weighted by Gasteiger charge is 2.16. The van der Waals surface area contributed by atoms with Crippen LogP contribution in [-0.2, 0) is 0 Å². The summed E-state index contributed by atoms with van der Waals surface area (Å²) in [5.41, 5.74) is 2.91. The molecule has 1 aromatic carbocycles. The molecule has 0 radical (unpaired) electrons. The standard InChI is InChI=1S/C15H10N4O/c20-15(11-8-17-14-10(11)4-3-7-16-14)19-9-18-12-5-1-2-6-13(12)19/h1-9H,(H,16,17). The van der Waals surface area contributed by atoms with Gasteiger partial charge in [0.1, 0.15) is 12.0 Å². The number of aromatic amines is 1. The first-order valence-electron chi connectivity index (χ1n) is 6.23. The Kier molecular flexibility index (Phi) is 2.20. The number of rotatable bonds is 1. The molecule has 0 spiro atoms. The molecular weight excluding hydrogens is 252 g/mol. The minimum atomic E-state index is -0.113. The normalized spacial score (nSPS) is 11.2. The molecule has 0 fully saturated rings. The van der Waals surface area contributed by atoms with Crippen LogP contribution >= 0.6 is 0 Å². The third-order valence-electron chi connectivity index (χ3n) is 3.35. The number of nitrogens with zero attached hydrogens (tertiary/aromatic N) is 3. The maximum atomic E-state index is 12.7. The second-order valence-corrected chi connectivity index (χ2v) is 4.51. The van der Waals surface area contributed by atoms with E-state index in [1.807, 2.05) is 36.4 Å². The minimum absolute atomic E-state index is 0.113. The molecule has 0 atom stereocenters. The van der Waals surface area contributed by atoms with Crippen molar-refractivity contribution in [2.24, 2.45) is 0 Å². The Balaban J connectivity index is 1.92. The number of hydrogen-bond donors (Lipinski definition) is 1. The number of carbonyl (C=O) groups is 1. The quantitative estimate of drug-likeness (QED) is 0.573. The average Bonchev–Trinajstić information content (AvgIpc) is 3.11. The van der Waals surface area contributed by atoms with E-state index in [-0.39, 0.29) is 5.91 Å². The van der Waals surface area contributed by atoms with Gasteiger partial charge in [-0.3, -0.25) is 9.36 Å². The third kappa shape index (κ3) is 1.46. The Morgan fingerprint density at radius 2 is 2.00 bits per heavy atom. The zero-order chi connectivity index (χ0) is 13.5. The summed E-state index contributed by atoms with van der Waals surface area (Å²) < 4.78 is 1.56. The Morgan fingerprint density at radius 3 is 2.95 bits per heavy atom. The van der Waals surface area contributed by atoms with Crippen LogP contribution in [0.4, 0.5) is 0 Å². The first kappa shape index (κ1) is 10.9. The van der Waals surface area contributed by atoms with E-state index in [2.05, 4.69) is 15.0 Å². The number of carbonyl (C=O) groups excluding carboxylic acids is 1. The summed E-state index contributed by atoms with van der Waals surface area (Å²) in [5, 5.41) is 0.815. The number of H-pyrrole nitrogens is 1. The van der Waals surface area contributed by atoms with Gasteiger partial charge < -0.3 is 4.98 Å². The number of aromatic nitrogens is 4. The number of nitrogens with one attached hydrogen (secondary N) is 1. The summed E-state index contributed by atoms with van der Waals surface area (Å²) in [6, 6.07) is 11.3. The van der Waals surface area contributed by atoms with Crippen molar-refractivity contribution in [2.45, 2.75) is 0 Å². The van der Waals surface area contributed by atoms with E-state index < -0.39 is 0 Å². The molecule has 3 heterocycles. The zero-order valence-corrected chi connectivity index (χ0v) is 10.4. The summed E-state index contributed by atoms with van der Waals surface area (Å²) in [7, 11) is 0. The molecule has 5 heteroatoms. The van der Waals surface area contributed by atoms with Crippen LogP contribution in [0.3, 0.4) is 0 Å². The molecule has 0 aliphatic carbocycles. The van der Waals surface area contributed by atoms with E-state index in [0.717, 1.165) is 16.4 Å². The van der Waals surface area contributed by atoms with Crippen molar-refractivity contribution in [3.63, 3.8) is 0 Å². The first-order valence-corrected chi connectivity index (χ1v) is 6.23. The Labute approximate surface area is 113 Å². The molecular formula is C15H10N4O. The van der Waals surface area contributed by atoms with Crippen LogP contribution in [0.15, 0.2) is 55.1 Å². The predicted octanol–water partition coefficient (Wildman–Crippen LogP) is 2.60. The highest BCUT2D eigenvalue weighted by atomic mass is 16.2. The van der Waals surface area contributed by atoms with E-state index in [0.29, 0.717) is 11.2 Å². The lowest BCUT2D eigenvalue weighted by Gasteiger charge is -2.01. The monoisotopic (exact) mass is 262 g/mol. The molecule has 0 amide bonds. The van der Waals surface area contributed by atoms with E-state index in [9.17, 15) is 4.79 Å². The second-order valence-electron chi connectivity index (χ2n) is 4.51. The van der Waals surface area contributed by atoms with Gasteiger partial charge >= 0.3 is 0 Å². The van der Waals surface area contributed by atoms with Crippen molar-refractivity contribution in [3.8, 4) is 0 Å². The van der Waals surface area contributed by atoms with E-state index in [4.69, 9.17) is 0 Å². The molecule has 20 heavy (non-hydrogen) atoms. The fourth-order valence-electron chi connectivity index (χ4n) is 2.38. The molecule has 5 nitrogen and oxygen atoms in total. The van der Waals surface area contributed by atoms with Gasteiger partial charge in [0.05, 0.1) is 16.6 Å². The van der Waals surface area contributed by atoms with E-state index >= 15 is 0 Å². The molecule has 0 bridgehead atoms. The van der Waals surface area contributed by atoms with Crippen molar-refractivity contribution in [1.29, 1.82) is 0 Å². The summed E-state index contributed by atoms with van der Waals surface area (Å²) in [4.78, 5) is 24.1. The fraction of sp³-hybridized carbons (Fsp3) is 0. The Hall–Kier alpha value is -2.95. The number of pyridine rings is 1. The van der Waals surface area contributed by atoms with Gasteiger partial charge in [0.15, 0.2) is 0 Å². The lowest BCUT2D eigenvalue weighted by molar-refractivity contribution is 0.0966. The van der Waals surface area contributed by atoms with Crippen molar-refractivity contribution >= 4 is 28.0 Å². The van der Waals surface area contributed by atoms with Crippen molar-refractivity contribution in [2.75, 3.05) is 0 Å². The summed E-state index contributed by atoms with van der Waals surface area (Å²) in [6.07, 6.45) is 4.94. The minimum Gasteiger partial charge on any atom is -0.345 e. The van der Waals surface area contributed by atoms with Crippen molar-refractivity contribution < 1.29 is 4.79 Å². The lowest BCUT2D eigenvalue weighted by Crippen LogP contribution is -2.10. The maximum absolute atomic E-state index is 12.7. The highest BCUT2D eigenvalue weighted by molar-refractivity contribution is 6.09. The van der Waals surface area contributed by atoms with Crippen LogP contribution in [0.5, 0.6) is 0 Å². The van der Waals surface area contributed by atoms with Gasteiger partial charge in [0, 0.05) is 17.8 Å². The van der Waals surface area contributed by atoms with Crippen LogP contribution in [0.1, 0.15) is 10.4 Å². The van der Waals surface area contributed by atoms with Gasteiger partial charge in [-0.1, -0.05) is 12.1 Å². The highest BCUT2D eigenvalue weighted by Crippen LogP contribution is 2.19. The van der Waals surface area contributed by atoms with Gasteiger partial charge in [0.2, 0.25) is 0 Å². The van der Waals surface area contributed by atoms with Crippen molar-refractivity contribution in [3.05, 3.63) is 60.7 Å². The van der Waals surface area contributed by atoms with Crippen molar-refractivity contribution in [1.82, 2.24) is 19.5 Å². The maximum Gasteiger partial charge on any atom is 0.265 e. The molecule has 0 aliphatic rings. The zero-order valence-electron chi connectivity index (χ0n) is 10.4. The SMILES string of the molecule is O=C(c1c[nH]c2ncccc12)n1cnc2ccccc21. The second kappa shape index (κ2) is 4.03. The molecule has 4 aromatic rings. The van der Waals surface area contributed by atoms with Crippen LogP contribution in [0.25, 0.3) is 22.1 Å². The number of para-hydroxylation sites is 2. The average molecular weight is 262 g/mol. The van der Waals surface area contributed by atoms with Crippen LogP contribution < -0.4 is 0 Å². The van der Waals surface area contributed by atoms with Gasteiger partial charge in [-0.25, -0.2) is 9.97 Å². The molecule has 96 valence electrons. The van der Waals surface area contributed by atoms with E-state index in [1.54, 1.807) is 23.3 Å². The number of fused-ring (bicyclic) bond motifs is 2. The Morgan fingerprint density at radius 1 is 1.10 bits per heavy atom. The van der Waals surface area contributed by atoms with E-state index in [1.165, 1.54) is 0 Å². The van der Waals surface area contributed by atoms with Gasteiger partial charge in [-0.15, -0.1) is 0 Å². The largest absolute Gasteiger partial charge is 0.345 e. The number of benzene rings is 1. The molecule has 3 aromatic heterocycles. The first-order chi connectivity index (χ1) is 9.84. The molecule has 0 unspecified atom stereocenters. The predicted molar refractivity (Wildman–Crippen MR) is 75.6 cm³/mol. The fourth-order valence-corrected chi connectivity index (χ4v) is 2.38. The number of hydrogen-bond acceptors (Lipinski definition) is 3. The number of imidazole rings is 1. The van der Waals surface area contributed by atoms with Crippen LogP contribution in [0, 0.1) is 0 Å². The van der Waals surface area contributed by atoms with Crippen LogP contribution in [0.2, 0.25) is 0 Å². The topological polar surface area (TPSA) is 63.6 Å². The summed E-state index contributed by atoms with van der Waals surface area (Å²) >= 11 is 0. The van der Waals surface area contributed by atoms with Crippen LogP contribution in [-0.4, -0.2) is 25.4 Å². The van der Waals surface area contributed by atoms with Gasteiger partial charge in [-0.2, -0.15) is 0 Å².